The monoisotopic (exact) mass is 220 g/mol. The Hall–Kier alpha value is -0.593. The summed E-state index contributed by atoms with van der Waals surface area (Å²) in [7, 11) is 1.86. The lowest BCUT2D eigenvalue weighted by molar-refractivity contribution is 0.248. The summed E-state index contributed by atoms with van der Waals surface area (Å²) in [4.78, 5) is 10.4. The second-order valence-corrected chi connectivity index (χ2v) is 6.07. The van der Waals surface area contributed by atoms with Crippen LogP contribution in [0.1, 0.15) is 19.8 Å². The first kappa shape index (κ1) is 13.4. The van der Waals surface area contributed by atoms with Crippen molar-refractivity contribution in [2.24, 2.45) is 5.73 Å². The van der Waals surface area contributed by atoms with Gasteiger partial charge in [0, 0.05) is 20.8 Å². The van der Waals surface area contributed by atoms with Gasteiger partial charge in [-0.15, -0.1) is 0 Å². The van der Waals surface area contributed by atoms with Gasteiger partial charge in [0.15, 0.2) is 0 Å². The van der Waals surface area contributed by atoms with Crippen LogP contribution in [0.2, 0.25) is 5.54 Å². The first-order valence-corrected chi connectivity index (χ1v) is 6.31. The molecule has 0 aliphatic carbocycles. The molecule has 0 saturated carbocycles. The first-order chi connectivity index (χ1) is 6.61. The number of hydrogen-bond acceptors (Lipinski definition) is 3. The standard InChI is InChI=1S/C8H20N2O3Si/c1-7(14(12-2)13-3)5-4-6-10-8(9)11/h7,14H,4-6H2,1-3H3,(H3,9,10,11). The van der Waals surface area contributed by atoms with E-state index in [1.807, 2.05) is 0 Å². The zero-order chi connectivity index (χ0) is 11.0. The molecule has 0 heterocycles. The van der Waals surface area contributed by atoms with Crippen molar-refractivity contribution < 1.29 is 13.6 Å². The predicted molar refractivity (Wildman–Crippen MR) is 57.4 cm³/mol. The largest absolute Gasteiger partial charge is 0.400 e. The van der Waals surface area contributed by atoms with Gasteiger partial charge in [-0.05, 0) is 18.4 Å². The second-order valence-electron chi connectivity index (χ2n) is 3.25. The lowest BCUT2D eigenvalue weighted by atomic mass is 10.2. The lowest BCUT2D eigenvalue weighted by Crippen LogP contribution is -2.31. The summed E-state index contributed by atoms with van der Waals surface area (Å²) < 4.78 is 10.5. The Bertz CT molecular complexity index is 165. The summed E-state index contributed by atoms with van der Waals surface area (Å²) in [6.07, 6.45) is 1.89. The molecule has 0 radical (unpaired) electrons. The average molecular weight is 220 g/mol. The molecule has 2 amide bonds. The van der Waals surface area contributed by atoms with E-state index in [1.54, 1.807) is 14.2 Å². The highest BCUT2D eigenvalue weighted by Crippen LogP contribution is 2.16. The van der Waals surface area contributed by atoms with Crippen LogP contribution < -0.4 is 11.1 Å². The fraction of sp³-hybridized carbons (Fsp3) is 0.875. The number of amides is 2. The number of carbonyl (C=O) groups is 1. The van der Waals surface area contributed by atoms with Crippen molar-refractivity contribution in [3.05, 3.63) is 0 Å². The van der Waals surface area contributed by atoms with E-state index in [-0.39, 0.29) is 0 Å². The van der Waals surface area contributed by atoms with Gasteiger partial charge in [0.1, 0.15) is 0 Å². The topological polar surface area (TPSA) is 73.6 Å². The van der Waals surface area contributed by atoms with E-state index in [1.165, 1.54) is 0 Å². The van der Waals surface area contributed by atoms with E-state index in [0.717, 1.165) is 12.8 Å². The maximum atomic E-state index is 10.4. The van der Waals surface area contributed by atoms with Crippen LogP contribution in [0.3, 0.4) is 0 Å². The zero-order valence-corrected chi connectivity index (χ0v) is 10.2. The first-order valence-electron chi connectivity index (χ1n) is 4.70. The van der Waals surface area contributed by atoms with Crippen LogP contribution in [-0.4, -0.2) is 36.1 Å². The Labute approximate surface area is 86.8 Å². The molecule has 0 bridgehead atoms. The summed E-state index contributed by atoms with van der Waals surface area (Å²) in [5.74, 6) is 0. The minimum Gasteiger partial charge on any atom is -0.400 e. The smallest absolute Gasteiger partial charge is 0.323 e. The molecule has 5 nitrogen and oxygen atoms in total. The SMILES string of the molecule is CO[SiH](OC)C(C)CCCNC(N)=O. The molecular formula is C8H20N2O3Si. The van der Waals surface area contributed by atoms with Gasteiger partial charge >= 0.3 is 15.3 Å². The molecule has 0 spiro atoms. The maximum Gasteiger partial charge on any atom is 0.323 e. The molecule has 0 aliphatic rings. The number of rotatable bonds is 7. The molecule has 0 rings (SSSR count). The van der Waals surface area contributed by atoms with Gasteiger partial charge in [-0.25, -0.2) is 4.79 Å². The Kier molecular flexibility index (Phi) is 7.45. The van der Waals surface area contributed by atoms with Crippen molar-refractivity contribution in [2.75, 3.05) is 20.8 Å². The number of hydrogen-bond donors (Lipinski definition) is 2. The van der Waals surface area contributed by atoms with Crippen LogP contribution in [-0.2, 0) is 8.85 Å². The van der Waals surface area contributed by atoms with E-state index in [2.05, 4.69) is 12.2 Å². The summed E-state index contributed by atoms with van der Waals surface area (Å²) in [5.41, 5.74) is 5.37. The third kappa shape index (κ3) is 5.95. The molecule has 0 aromatic carbocycles. The average Bonchev–Trinajstić information content (AvgIpc) is 2.14. The van der Waals surface area contributed by atoms with E-state index in [0.29, 0.717) is 12.1 Å². The number of nitrogens with two attached hydrogens (primary N) is 1. The zero-order valence-electron chi connectivity index (χ0n) is 9.08. The number of nitrogens with one attached hydrogen (secondary N) is 1. The van der Waals surface area contributed by atoms with Crippen molar-refractivity contribution in [2.45, 2.75) is 25.3 Å². The minimum atomic E-state index is -1.50. The molecule has 1 atom stereocenters. The minimum absolute atomic E-state index is 0.444. The Morgan fingerprint density at radius 2 is 2.07 bits per heavy atom. The summed E-state index contributed by atoms with van der Waals surface area (Å²) in [5, 5.41) is 2.55. The molecule has 3 N–H and O–H groups in total. The van der Waals surface area contributed by atoms with Gasteiger partial charge in [0.25, 0.3) is 0 Å². The Morgan fingerprint density at radius 3 is 2.50 bits per heavy atom. The van der Waals surface area contributed by atoms with Crippen molar-refractivity contribution in [3.63, 3.8) is 0 Å². The van der Waals surface area contributed by atoms with Gasteiger partial charge in [-0.2, -0.15) is 0 Å². The van der Waals surface area contributed by atoms with Crippen molar-refractivity contribution >= 4 is 15.3 Å². The van der Waals surface area contributed by atoms with E-state index < -0.39 is 15.3 Å². The van der Waals surface area contributed by atoms with Crippen LogP contribution in [0.4, 0.5) is 4.79 Å². The highest BCUT2D eigenvalue weighted by molar-refractivity contribution is 6.46. The van der Waals surface area contributed by atoms with Crippen LogP contribution in [0.5, 0.6) is 0 Å². The van der Waals surface area contributed by atoms with E-state index in [9.17, 15) is 4.79 Å². The molecular weight excluding hydrogens is 200 g/mol. The lowest BCUT2D eigenvalue weighted by Gasteiger charge is -2.18. The van der Waals surface area contributed by atoms with Gasteiger partial charge < -0.3 is 19.9 Å². The predicted octanol–water partition coefficient (Wildman–Crippen LogP) is 0.338. The molecule has 6 heteroatoms. The van der Waals surface area contributed by atoms with Gasteiger partial charge in [0.2, 0.25) is 0 Å². The van der Waals surface area contributed by atoms with Gasteiger partial charge in [-0.1, -0.05) is 6.92 Å². The Morgan fingerprint density at radius 1 is 1.50 bits per heavy atom. The second kappa shape index (κ2) is 7.78. The van der Waals surface area contributed by atoms with E-state index in [4.69, 9.17) is 14.6 Å². The van der Waals surface area contributed by atoms with Crippen LogP contribution >= 0.6 is 0 Å². The summed E-state index contributed by atoms with van der Waals surface area (Å²) in [6.45, 7) is 2.72. The highest BCUT2D eigenvalue weighted by atomic mass is 28.3. The van der Waals surface area contributed by atoms with Crippen LogP contribution in [0.25, 0.3) is 0 Å². The summed E-state index contributed by atoms with van der Waals surface area (Å²) in [6, 6.07) is -0.468. The highest BCUT2D eigenvalue weighted by Gasteiger charge is 2.18. The van der Waals surface area contributed by atoms with Crippen LogP contribution in [0.15, 0.2) is 0 Å². The van der Waals surface area contributed by atoms with Crippen molar-refractivity contribution in [1.29, 1.82) is 0 Å². The fourth-order valence-electron chi connectivity index (χ4n) is 1.33. The molecule has 0 aliphatic heterocycles. The normalized spacial score (nSPS) is 12.9. The molecule has 0 fully saturated rings. The Balaban J connectivity index is 3.51. The third-order valence-corrected chi connectivity index (χ3v) is 4.26. The molecule has 84 valence electrons. The quantitative estimate of drug-likeness (QED) is 0.480. The summed E-state index contributed by atoms with van der Waals surface area (Å²) >= 11 is 0. The molecule has 0 aromatic heterocycles. The van der Waals surface area contributed by atoms with Gasteiger partial charge in [0.05, 0.1) is 0 Å². The van der Waals surface area contributed by atoms with Crippen LogP contribution in [0, 0.1) is 0 Å². The number of urea groups is 1. The van der Waals surface area contributed by atoms with Crippen molar-refractivity contribution in [3.8, 4) is 0 Å². The van der Waals surface area contributed by atoms with E-state index >= 15 is 0 Å². The third-order valence-electron chi connectivity index (χ3n) is 2.06. The van der Waals surface area contributed by atoms with Crippen molar-refractivity contribution in [1.82, 2.24) is 5.32 Å². The molecule has 1 unspecified atom stereocenters. The fourth-order valence-corrected chi connectivity index (χ4v) is 2.96. The molecule has 0 saturated heterocycles. The number of carbonyl (C=O) groups excluding carboxylic acids is 1. The maximum absolute atomic E-state index is 10.4. The van der Waals surface area contributed by atoms with Gasteiger partial charge in [-0.3, -0.25) is 0 Å². The molecule has 14 heavy (non-hydrogen) atoms. The number of primary amides is 1. The molecule has 0 aromatic rings.